The first kappa shape index (κ1) is 14.8. The molecule has 4 heteroatoms. The fraction of sp³-hybridized carbons (Fsp3) is 0.643. The van der Waals surface area contributed by atoms with Crippen molar-refractivity contribution >= 4 is 5.97 Å². The van der Waals surface area contributed by atoms with Crippen LogP contribution in [0, 0.1) is 12.8 Å². The van der Waals surface area contributed by atoms with Gasteiger partial charge in [-0.3, -0.25) is 4.90 Å². The number of furan rings is 1. The highest BCUT2D eigenvalue weighted by molar-refractivity contribution is 5.84. The van der Waals surface area contributed by atoms with Crippen LogP contribution in [0.25, 0.3) is 0 Å². The number of nitrogens with zero attached hydrogens (tertiary/aromatic N) is 1. The molecule has 1 aromatic rings. The molecule has 0 saturated heterocycles. The topological polar surface area (TPSA) is 53.7 Å². The summed E-state index contributed by atoms with van der Waals surface area (Å²) in [6, 6.07) is 2.06. The van der Waals surface area contributed by atoms with Gasteiger partial charge in [0.2, 0.25) is 5.76 Å². The molecule has 0 aliphatic rings. The maximum absolute atomic E-state index is 10.9. The molecule has 0 spiro atoms. The van der Waals surface area contributed by atoms with Gasteiger partial charge in [0.1, 0.15) is 5.76 Å². The van der Waals surface area contributed by atoms with Gasteiger partial charge < -0.3 is 9.52 Å². The molecule has 0 fully saturated rings. The predicted molar refractivity (Wildman–Crippen MR) is 70.8 cm³/mol. The number of carbonyl (C=O) groups is 1. The minimum atomic E-state index is -1.01. The third-order valence-corrected chi connectivity index (χ3v) is 2.93. The van der Waals surface area contributed by atoms with Gasteiger partial charge in [0, 0.05) is 24.7 Å². The fourth-order valence-electron chi connectivity index (χ4n) is 1.93. The van der Waals surface area contributed by atoms with Crippen LogP contribution in [0.2, 0.25) is 0 Å². The lowest BCUT2D eigenvalue weighted by Gasteiger charge is -2.27. The molecule has 1 N–H and O–H groups in total. The van der Waals surface area contributed by atoms with Gasteiger partial charge in [-0.05, 0) is 32.8 Å². The molecule has 0 aliphatic heterocycles. The summed E-state index contributed by atoms with van der Waals surface area (Å²) >= 11 is 0. The first-order valence-electron chi connectivity index (χ1n) is 6.38. The van der Waals surface area contributed by atoms with Crippen molar-refractivity contribution < 1.29 is 14.3 Å². The summed E-state index contributed by atoms with van der Waals surface area (Å²) in [6.07, 6.45) is 0. The summed E-state index contributed by atoms with van der Waals surface area (Å²) in [5.41, 5.74) is 0.960. The Labute approximate surface area is 109 Å². The van der Waals surface area contributed by atoms with Crippen molar-refractivity contribution in [1.82, 2.24) is 4.90 Å². The molecule has 1 rings (SSSR count). The zero-order valence-electron chi connectivity index (χ0n) is 11.9. The number of rotatable bonds is 6. The van der Waals surface area contributed by atoms with Crippen LogP contribution >= 0.6 is 0 Å². The van der Waals surface area contributed by atoms with Crippen LogP contribution in [0.5, 0.6) is 0 Å². The van der Waals surface area contributed by atoms with Crippen molar-refractivity contribution in [2.75, 3.05) is 6.54 Å². The molecular weight excluding hydrogens is 230 g/mol. The monoisotopic (exact) mass is 253 g/mol. The number of carboxylic acid groups (broad SMARTS) is 1. The zero-order chi connectivity index (χ0) is 13.9. The minimum absolute atomic E-state index is 0.0238. The SMILES string of the molecule is Cc1oc(C(=O)O)cc1CN(CC(C)C)C(C)C. The van der Waals surface area contributed by atoms with Gasteiger partial charge >= 0.3 is 5.97 Å². The van der Waals surface area contributed by atoms with Crippen LogP contribution in [0.3, 0.4) is 0 Å². The largest absolute Gasteiger partial charge is 0.475 e. The van der Waals surface area contributed by atoms with E-state index in [4.69, 9.17) is 9.52 Å². The lowest BCUT2D eigenvalue weighted by Crippen LogP contribution is -2.33. The summed E-state index contributed by atoms with van der Waals surface area (Å²) in [5, 5.41) is 8.90. The van der Waals surface area contributed by atoms with Crippen LogP contribution in [0.1, 0.15) is 49.6 Å². The fourth-order valence-corrected chi connectivity index (χ4v) is 1.93. The smallest absolute Gasteiger partial charge is 0.371 e. The molecule has 0 radical (unpaired) electrons. The van der Waals surface area contributed by atoms with E-state index in [-0.39, 0.29) is 5.76 Å². The van der Waals surface area contributed by atoms with Crippen molar-refractivity contribution in [1.29, 1.82) is 0 Å². The Kier molecular flexibility index (Phi) is 4.96. The van der Waals surface area contributed by atoms with Crippen LogP contribution in [0.4, 0.5) is 0 Å². The Morgan fingerprint density at radius 3 is 2.39 bits per heavy atom. The maximum Gasteiger partial charge on any atom is 0.371 e. The number of aryl methyl sites for hydroxylation is 1. The van der Waals surface area contributed by atoms with E-state index in [1.165, 1.54) is 0 Å². The highest BCUT2D eigenvalue weighted by Crippen LogP contribution is 2.18. The van der Waals surface area contributed by atoms with Crippen LogP contribution in [-0.2, 0) is 6.54 Å². The third-order valence-electron chi connectivity index (χ3n) is 2.93. The van der Waals surface area contributed by atoms with E-state index in [0.717, 1.165) is 18.7 Å². The number of hydrogen-bond acceptors (Lipinski definition) is 3. The number of aromatic carboxylic acids is 1. The van der Waals surface area contributed by atoms with Gasteiger partial charge in [-0.25, -0.2) is 4.79 Å². The molecule has 0 aromatic carbocycles. The van der Waals surface area contributed by atoms with E-state index in [2.05, 4.69) is 32.6 Å². The van der Waals surface area contributed by atoms with E-state index in [1.807, 2.05) is 6.92 Å². The van der Waals surface area contributed by atoms with E-state index >= 15 is 0 Å². The Bertz CT molecular complexity index is 407. The van der Waals surface area contributed by atoms with Crippen molar-refractivity contribution in [3.63, 3.8) is 0 Å². The summed E-state index contributed by atoms with van der Waals surface area (Å²) in [6.45, 7) is 12.2. The molecule has 0 atom stereocenters. The van der Waals surface area contributed by atoms with Gasteiger partial charge in [-0.2, -0.15) is 0 Å². The summed E-state index contributed by atoms with van der Waals surface area (Å²) in [5.74, 6) is 0.292. The number of hydrogen-bond donors (Lipinski definition) is 1. The molecule has 102 valence electrons. The molecule has 18 heavy (non-hydrogen) atoms. The Hall–Kier alpha value is -1.29. The minimum Gasteiger partial charge on any atom is -0.475 e. The highest BCUT2D eigenvalue weighted by Gasteiger charge is 2.17. The average molecular weight is 253 g/mol. The first-order chi connectivity index (χ1) is 8.31. The van der Waals surface area contributed by atoms with Gasteiger partial charge in [0.05, 0.1) is 0 Å². The molecule has 4 nitrogen and oxygen atoms in total. The van der Waals surface area contributed by atoms with Gasteiger partial charge in [-0.1, -0.05) is 13.8 Å². The predicted octanol–water partition coefficient (Wildman–Crippen LogP) is 3.15. The lowest BCUT2D eigenvalue weighted by molar-refractivity contribution is 0.0661. The van der Waals surface area contributed by atoms with Gasteiger partial charge in [-0.15, -0.1) is 0 Å². The number of carboxylic acids is 1. The second-order valence-corrected chi connectivity index (χ2v) is 5.41. The molecule has 0 aliphatic carbocycles. The molecule has 0 unspecified atom stereocenters. The molecule has 0 bridgehead atoms. The van der Waals surface area contributed by atoms with Gasteiger partial charge in [0.25, 0.3) is 0 Å². The quantitative estimate of drug-likeness (QED) is 0.846. The van der Waals surface area contributed by atoms with Crippen LogP contribution in [0.15, 0.2) is 10.5 Å². The van der Waals surface area contributed by atoms with E-state index in [1.54, 1.807) is 6.07 Å². The van der Waals surface area contributed by atoms with Crippen molar-refractivity contribution in [2.45, 2.75) is 47.2 Å². The molecule has 0 amide bonds. The normalized spacial score (nSPS) is 11.8. The van der Waals surface area contributed by atoms with E-state index in [9.17, 15) is 4.79 Å². The van der Waals surface area contributed by atoms with Crippen molar-refractivity contribution in [3.05, 3.63) is 23.2 Å². The molecular formula is C14H23NO3. The third kappa shape index (κ3) is 3.88. The average Bonchev–Trinajstić information content (AvgIpc) is 2.58. The standard InChI is InChI=1S/C14H23NO3/c1-9(2)7-15(10(3)4)8-12-6-13(14(16)17)18-11(12)5/h6,9-10H,7-8H2,1-5H3,(H,16,17). The van der Waals surface area contributed by atoms with Crippen molar-refractivity contribution in [2.24, 2.45) is 5.92 Å². The molecule has 1 aromatic heterocycles. The maximum atomic E-state index is 10.9. The molecule has 0 saturated carbocycles. The Morgan fingerprint density at radius 2 is 2.00 bits per heavy atom. The summed E-state index contributed by atoms with van der Waals surface area (Å²) in [7, 11) is 0. The van der Waals surface area contributed by atoms with Gasteiger partial charge in [0.15, 0.2) is 0 Å². The highest BCUT2D eigenvalue weighted by atomic mass is 16.4. The first-order valence-corrected chi connectivity index (χ1v) is 6.38. The van der Waals surface area contributed by atoms with E-state index in [0.29, 0.717) is 17.7 Å². The Balaban J connectivity index is 2.83. The van der Waals surface area contributed by atoms with Crippen LogP contribution < -0.4 is 0 Å². The van der Waals surface area contributed by atoms with Crippen LogP contribution in [-0.4, -0.2) is 28.6 Å². The second kappa shape index (κ2) is 6.05. The van der Waals surface area contributed by atoms with Crippen molar-refractivity contribution in [3.8, 4) is 0 Å². The summed E-state index contributed by atoms with van der Waals surface area (Å²) in [4.78, 5) is 13.2. The lowest BCUT2D eigenvalue weighted by atomic mass is 10.1. The molecule has 1 heterocycles. The zero-order valence-corrected chi connectivity index (χ0v) is 11.9. The Morgan fingerprint density at radius 1 is 1.39 bits per heavy atom. The summed E-state index contributed by atoms with van der Waals surface area (Å²) < 4.78 is 5.24. The van der Waals surface area contributed by atoms with E-state index < -0.39 is 5.97 Å². The second-order valence-electron chi connectivity index (χ2n) is 5.41.